The van der Waals surface area contributed by atoms with Crippen molar-refractivity contribution in [1.29, 1.82) is 0 Å². The van der Waals surface area contributed by atoms with Gasteiger partial charge in [0.2, 0.25) is 0 Å². The maximum atomic E-state index is 12.3. The van der Waals surface area contributed by atoms with Gasteiger partial charge in [-0.2, -0.15) is 0 Å². The highest BCUT2D eigenvalue weighted by Crippen LogP contribution is 2.26. The highest BCUT2D eigenvalue weighted by molar-refractivity contribution is 6.20. The molecule has 1 atom stereocenters. The zero-order chi connectivity index (χ0) is 20.5. The number of fused-ring (bicyclic) bond motifs is 1. The average Bonchev–Trinajstić information content (AvgIpc) is 3.18. The molecule has 0 saturated carbocycles. The predicted octanol–water partition coefficient (Wildman–Crippen LogP) is 2.92. The van der Waals surface area contributed by atoms with Crippen molar-refractivity contribution in [3.63, 3.8) is 0 Å². The van der Waals surface area contributed by atoms with Crippen molar-refractivity contribution in [2.24, 2.45) is 0 Å². The van der Waals surface area contributed by atoms with Crippen LogP contribution in [0.5, 0.6) is 0 Å². The maximum Gasteiger partial charge on any atom is 0.410 e. The van der Waals surface area contributed by atoms with E-state index in [4.69, 9.17) is 9.57 Å². The van der Waals surface area contributed by atoms with Gasteiger partial charge in [0, 0.05) is 19.0 Å². The molecule has 0 bridgehead atoms. The Hall–Kier alpha value is -2.90. The molecule has 8 nitrogen and oxygen atoms in total. The lowest BCUT2D eigenvalue weighted by Gasteiger charge is -2.28. The van der Waals surface area contributed by atoms with Crippen molar-refractivity contribution in [2.75, 3.05) is 6.54 Å². The normalized spacial score (nSPS) is 19.0. The van der Waals surface area contributed by atoms with E-state index in [0.29, 0.717) is 18.0 Å². The summed E-state index contributed by atoms with van der Waals surface area (Å²) in [5.74, 6) is -1.99. The van der Waals surface area contributed by atoms with Crippen molar-refractivity contribution in [3.8, 4) is 0 Å². The van der Waals surface area contributed by atoms with Gasteiger partial charge >= 0.3 is 12.1 Å². The lowest BCUT2D eigenvalue weighted by molar-refractivity contribution is -0.168. The summed E-state index contributed by atoms with van der Waals surface area (Å²) >= 11 is 0. The molecule has 150 valence electrons. The first-order chi connectivity index (χ1) is 13.2. The quantitative estimate of drug-likeness (QED) is 0.736. The van der Waals surface area contributed by atoms with Crippen LogP contribution in [0.4, 0.5) is 4.79 Å². The third kappa shape index (κ3) is 4.16. The SMILES string of the molecule is CC(C)(C)OC(=O)N1CCCC1CCC(=O)ON1C(=O)c2ccccc2C1=O. The number of hydrogen-bond acceptors (Lipinski definition) is 6. The molecule has 1 saturated heterocycles. The van der Waals surface area contributed by atoms with E-state index < -0.39 is 29.5 Å². The Labute approximate surface area is 163 Å². The fraction of sp³-hybridized carbons (Fsp3) is 0.500. The van der Waals surface area contributed by atoms with Gasteiger partial charge in [0.1, 0.15) is 5.60 Å². The number of carbonyl (C=O) groups excluding carboxylic acids is 4. The van der Waals surface area contributed by atoms with Crippen LogP contribution in [0.1, 0.15) is 67.2 Å². The second-order valence-electron chi connectivity index (χ2n) is 7.92. The molecule has 3 amide bonds. The number of likely N-dealkylation sites (tertiary alicyclic amines) is 1. The van der Waals surface area contributed by atoms with Crippen LogP contribution in [0.15, 0.2) is 24.3 Å². The van der Waals surface area contributed by atoms with Gasteiger partial charge < -0.3 is 14.5 Å². The van der Waals surface area contributed by atoms with Crippen molar-refractivity contribution in [2.45, 2.75) is 58.1 Å². The smallest absolute Gasteiger partial charge is 0.410 e. The van der Waals surface area contributed by atoms with Crippen LogP contribution in [-0.2, 0) is 14.4 Å². The van der Waals surface area contributed by atoms with E-state index in [2.05, 4.69) is 0 Å². The molecule has 0 aromatic heterocycles. The number of nitrogens with zero attached hydrogens (tertiary/aromatic N) is 2. The van der Waals surface area contributed by atoms with Crippen molar-refractivity contribution < 1.29 is 28.8 Å². The van der Waals surface area contributed by atoms with Gasteiger partial charge in [0.05, 0.1) is 11.1 Å². The highest BCUT2D eigenvalue weighted by atomic mass is 16.7. The molecule has 0 spiro atoms. The second kappa shape index (κ2) is 7.61. The van der Waals surface area contributed by atoms with Crippen LogP contribution in [-0.4, -0.2) is 52.0 Å². The zero-order valence-corrected chi connectivity index (χ0v) is 16.3. The molecular formula is C20H24N2O6. The number of rotatable bonds is 4. The Morgan fingerprint density at radius 2 is 1.71 bits per heavy atom. The van der Waals surface area contributed by atoms with Crippen molar-refractivity contribution in [1.82, 2.24) is 9.96 Å². The molecule has 1 aromatic rings. The van der Waals surface area contributed by atoms with E-state index in [9.17, 15) is 19.2 Å². The van der Waals surface area contributed by atoms with Crippen molar-refractivity contribution in [3.05, 3.63) is 35.4 Å². The number of ether oxygens (including phenoxy) is 1. The molecular weight excluding hydrogens is 364 g/mol. The summed E-state index contributed by atoms with van der Waals surface area (Å²) in [7, 11) is 0. The van der Waals surface area contributed by atoms with Gasteiger partial charge in [0.25, 0.3) is 11.8 Å². The number of carbonyl (C=O) groups is 4. The van der Waals surface area contributed by atoms with Gasteiger partial charge in [-0.15, -0.1) is 0 Å². The Balaban J connectivity index is 1.54. The third-order valence-electron chi connectivity index (χ3n) is 4.64. The molecule has 8 heteroatoms. The standard InChI is InChI=1S/C20H24N2O6/c1-20(2,3)27-19(26)21-12-6-7-13(21)10-11-16(23)28-22-17(24)14-8-4-5-9-15(14)18(22)25/h4-5,8-9,13H,6-7,10-12H2,1-3H3. The van der Waals surface area contributed by atoms with Crippen LogP contribution in [0, 0.1) is 0 Å². The summed E-state index contributed by atoms with van der Waals surface area (Å²) < 4.78 is 5.40. The molecule has 1 unspecified atom stereocenters. The van der Waals surface area contributed by atoms with E-state index >= 15 is 0 Å². The number of hydroxylamine groups is 2. The first kappa shape index (κ1) is 19.9. The van der Waals surface area contributed by atoms with Gasteiger partial charge in [-0.1, -0.05) is 17.2 Å². The number of benzene rings is 1. The third-order valence-corrected chi connectivity index (χ3v) is 4.64. The fourth-order valence-corrected chi connectivity index (χ4v) is 3.38. The largest absolute Gasteiger partial charge is 0.444 e. The molecule has 2 heterocycles. The van der Waals surface area contributed by atoms with E-state index in [0.717, 1.165) is 12.8 Å². The number of amides is 3. The highest BCUT2D eigenvalue weighted by Gasteiger charge is 2.39. The van der Waals surface area contributed by atoms with Gasteiger partial charge in [0.15, 0.2) is 0 Å². The van der Waals surface area contributed by atoms with Crippen molar-refractivity contribution >= 4 is 23.9 Å². The molecule has 0 radical (unpaired) electrons. The minimum absolute atomic E-state index is 0.0165. The molecule has 0 aliphatic carbocycles. The second-order valence-corrected chi connectivity index (χ2v) is 7.92. The predicted molar refractivity (Wildman–Crippen MR) is 98.2 cm³/mol. The van der Waals surface area contributed by atoms with Gasteiger partial charge in [-0.05, 0) is 52.2 Å². The summed E-state index contributed by atoms with van der Waals surface area (Å²) in [5, 5.41) is 0.507. The Bertz CT molecular complexity index is 778. The maximum absolute atomic E-state index is 12.3. The zero-order valence-electron chi connectivity index (χ0n) is 16.3. The van der Waals surface area contributed by atoms with E-state index in [1.807, 2.05) is 0 Å². The summed E-state index contributed by atoms with van der Waals surface area (Å²) in [6.45, 7) is 5.98. The van der Waals surface area contributed by atoms with Crippen LogP contribution in [0.2, 0.25) is 0 Å². The number of imide groups is 1. The van der Waals surface area contributed by atoms with Gasteiger partial charge in [-0.3, -0.25) is 9.59 Å². The molecule has 1 fully saturated rings. The van der Waals surface area contributed by atoms with Crippen LogP contribution in [0.25, 0.3) is 0 Å². The Morgan fingerprint density at radius 1 is 1.11 bits per heavy atom. The summed E-state index contributed by atoms with van der Waals surface area (Å²) in [6.07, 6.45) is 1.55. The minimum atomic E-state index is -0.689. The fourth-order valence-electron chi connectivity index (χ4n) is 3.38. The van der Waals surface area contributed by atoms with E-state index in [1.54, 1.807) is 37.8 Å². The molecule has 2 aliphatic rings. The van der Waals surface area contributed by atoms with Gasteiger partial charge in [-0.25, -0.2) is 9.59 Å². The Morgan fingerprint density at radius 3 is 2.29 bits per heavy atom. The topological polar surface area (TPSA) is 93.2 Å². The van der Waals surface area contributed by atoms with Crippen LogP contribution >= 0.6 is 0 Å². The van der Waals surface area contributed by atoms with E-state index in [-0.39, 0.29) is 23.6 Å². The molecule has 0 N–H and O–H groups in total. The first-order valence-electron chi connectivity index (χ1n) is 9.35. The monoisotopic (exact) mass is 388 g/mol. The summed E-state index contributed by atoms with van der Waals surface area (Å²) in [5.41, 5.74) is -0.159. The lowest BCUT2D eigenvalue weighted by Crippen LogP contribution is -2.40. The van der Waals surface area contributed by atoms with Crippen LogP contribution in [0.3, 0.4) is 0 Å². The molecule has 28 heavy (non-hydrogen) atoms. The van der Waals surface area contributed by atoms with E-state index in [1.165, 1.54) is 12.1 Å². The van der Waals surface area contributed by atoms with Crippen LogP contribution < -0.4 is 0 Å². The summed E-state index contributed by atoms with van der Waals surface area (Å²) in [6, 6.07) is 6.17. The molecule has 3 rings (SSSR count). The minimum Gasteiger partial charge on any atom is -0.444 e. The first-order valence-corrected chi connectivity index (χ1v) is 9.35. The molecule has 2 aliphatic heterocycles. The Kier molecular flexibility index (Phi) is 5.40. The lowest BCUT2D eigenvalue weighted by atomic mass is 10.1. The number of hydrogen-bond donors (Lipinski definition) is 0. The summed E-state index contributed by atoms with van der Waals surface area (Å²) in [4.78, 5) is 55.6. The average molecular weight is 388 g/mol. The molecule has 1 aromatic carbocycles.